The molecule has 23 heavy (non-hydrogen) atoms. The average molecular weight is 309 g/mol. The number of nitro groups is 1. The molecule has 0 unspecified atom stereocenters. The molecule has 7 heteroatoms. The quantitative estimate of drug-likeness (QED) is 0.677. The second-order valence-electron chi connectivity index (χ2n) is 5.22. The van der Waals surface area contributed by atoms with E-state index in [1.165, 1.54) is 17.0 Å². The van der Waals surface area contributed by atoms with E-state index in [0.717, 1.165) is 11.1 Å². The fourth-order valence-electron chi connectivity index (χ4n) is 2.72. The molecule has 0 bridgehead atoms. The first-order valence-corrected chi connectivity index (χ1v) is 6.78. The van der Waals surface area contributed by atoms with Crippen LogP contribution in [0.3, 0.4) is 0 Å². The van der Waals surface area contributed by atoms with E-state index in [1.807, 2.05) is 6.07 Å². The highest BCUT2D eigenvalue weighted by Gasteiger charge is 2.28. The highest BCUT2D eigenvalue weighted by atomic mass is 16.6. The molecular formula is C16H11N3O4. The van der Waals surface area contributed by atoms with Crippen LogP contribution in [0.1, 0.15) is 16.7 Å². The standard InChI is InChI=1S/C16H11N3O4/c17-7-10-1-3-11(4-2-10)14-6-13(19(22)23)5-12-8-18(16(20)21)9-15(12)14/h1-6H,8-9H2,(H,20,21). The van der Waals surface area contributed by atoms with Gasteiger partial charge in [-0.2, -0.15) is 5.26 Å². The van der Waals surface area contributed by atoms with Crippen LogP contribution >= 0.6 is 0 Å². The van der Waals surface area contributed by atoms with Gasteiger partial charge in [0.2, 0.25) is 0 Å². The molecule has 1 aliphatic heterocycles. The van der Waals surface area contributed by atoms with Crippen molar-refractivity contribution >= 4 is 11.8 Å². The third-order valence-electron chi connectivity index (χ3n) is 3.84. The number of amides is 1. The van der Waals surface area contributed by atoms with Gasteiger partial charge < -0.3 is 5.11 Å². The summed E-state index contributed by atoms with van der Waals surface area (Å²) in [6, 6.07) is 11.6. The van der Waals surface area contributed by atoms with E-state index < -0.39 is 11.0 Å². The second-order valence-corrected chi connectivity index (χ2v) is 5.22. The van der Waals surface area contributed by atoms with Crippen LogP contribution in [0.25, 0.3) is 11.1 Å². The molecule has 1 N–H and O–H groups in total. The van der Waals surface area contributed by atoms with Crippen molar-refractivity contribution in [3.63, 3.8) is 0 Å². The third-order valence-corrected chi connectivity index (χ3v) is 3.84. The van der Waals surface area contributed by atoms with Crippen molar-refractivity contribution < 1.29 is 14.8 Å². The fourth-order valence-corrected chi connectivity index (χ4v) is 2.72. The fraction of sp³-hybridized carbons (Fsp3) is 0.125. The largest absolute Gasteiger partial charge is 0.465 e. The van der Waals surface area contributed by atoms with Gasteiger partial charge in [0.1, 0.15) is 0 Å². The second kappa shape index (κ2) is 5.42. The first-order chi connectivity index (χ1) is 11.0. The van der Waals surface area contributed by atoms with Gasteiger partial charge in [-0.3, -0.25) is 15.0 Å². The zero-order valence-corrected chi connectivity index (χ0v) is 11.9. The maximum atomic E-state index is 11.2. The van der Waals surface area contributed by atoms with Crippen molar-refractivity contribution in [2.45, 2.75) is 13.1 Å². The maximum absolute atomic E-state index is 11.2. The molecule has 1 amide bonds. The average Bonchev–Trinajstić information content (AvgIpc) is 2.98. The summed E-state index contributed by atoms with van der Waals surface area (Å²) in [7, 11) is 0. The smallest absolute Gasteiger partial charge is 0.407 e. The number of non-ortho nitro benzene ring substituents is 1. The maximum Gasteiger partial charge on any atom is 0.407 e. The van der Waals surface area contributed by atoms with Gasteiger partial charge in [-0.15, -0.1) is 0 Å². The summed E-state index contributed by atoms with van der Waals surface area (Å²) in [5, 5.41) is 29.1. The molecule has 2 aromatic rings. The van der Waals surface area contributed by atoms with E-state index in [2.05, 4.69) is 0 Å². The van der Waals surface area contributed by atoms with Crippen LogP contribution in [0.4, 0.5) is 10.5 Å². The molecule has 0 saturated heterocycles. The first-order valence-electron chi connectivity index (χ1n) is 6.78. The zero-order valence-electron chi connectivity index (χ0n) is 11.9. The van der Waals surface area contributed by atoms with Gasteiger partial charge in [0.25, 0.3) is 5.69 Å². The van der Waals surface area contributed by atoms with Crippen LogP contribution in [0.5, 0.6) is 0 Å². The Morgan fingerprint density at radius 2 is 1.96 bits per heavy atom. The lowest BCUT2D eigenvalue weighted by molar-refractivity contribution is -0.384. The summed E-state index contributed by atoms with van der Waals surface area (Å²) in [6.45, 7) is 0.327. The number of nitro benzene ring substituents is 1. The topological polar surface area (TPSA) is 107 Å². The van der Waals surface area contributed by atoms with Crippen molar-refractivity contribution in [1.29, 1.82) is 5.26 Å². The number of nitriles is 1. The van der Waals surface area contributed by atoms with E-state index >= 15 is 0 Å². The van der Waals surface area contributed by atoms with Crippen molar-refractivity contribution in [2.75, 3.05) is 0 Å². The number of nitrogens with zero attached hydrogens (tertiary/aromatic N) is 3. The summed E-state index contributed by atoms with van der Waals surface area (Å²) < 4.78 is 0. The predicted octanol–water partition coefficient (Wildman–Crippen LogP) is 3.13. The summed E-state index contributed by atoms with van der Waals surface area (Å²) in [5.41, 5.74) is 3.17. The van der Waals surface area contributed by atoms with E-state index in [9.17, 15) is 14.9 Å². The lowest BCUT2D eigenvalue weighted by atomic mass is 9.95. The van der Waals surface area contributed by atoms with Gasteiger partial charge in [0, 0.05) is 18.7 Å². The lowest BCUT2D eigenvalue weighted by Gasteiger charge is -2.10. The van der Waals surface area contributed by atoms with Crippen LogP contribution in [-0.2, 0) is 13.1 Å². The monoisotopic (exact) mass is 309 g/mol. The highest BCUT2D eigenvalue weighted by Crippen LogP contribution is 2.36. The number of fused-ring (bicyclic) bond motifs is 1. The van der Waals surface area contributed by atoms with Gasteiger partial charge in [0.05, 0.1) is 23.1 Å². The van der Waals surface area contributed by atoms with E-state index in [0.29, 0.717) is 16.7 Å². The normalized spacial score (nSPS) is 12.6. The van der Waals surface area contributed by atoms with E-state index in [-0.39, 0.29) is 18.8 Å². The van der Waals surface area contributed by atoms with Crippen LogP contribution in [0, 0.1) is 21.4 Å². The zero-order chi connectivity index (χ0) is 16.6. The van der Waals surface area contributed by atoms with Gasteiger partial charge >= 0.3 is 6.09 Å². The summed E-state index contributed by atoms with van der Waals surface area (Å²) in [4.78, 5) is 23.0. The molecule has 114 valence electrons. The Morgan fingerprint density at radius 3 is 2.52 bits per heavy atom. The number of hydrogen-bond donors (Lipinski definition) is 1. The van der Waals surface area contributed by atoms with Gasteiger partial charge in [-0.05, 0) is 34.4 Å². The molecular weight excluding hydrogens is 298 g/mol. The number of hydrogen-bond acceptors (Lipinski definition) is 4. The summed E-state index contributed by atoms with van der Waals surface area (Å²) in [5.74, 6) is 0. The Kier molecular flexibility index (Phi) is 3.43. The van der Waals surface area contributed by atoms with Crippen molar-refractivity contribution in [1.82, 2.24) is 4.90 Å². The minimum Gasteiger partial charge on any atom is -0.465 e. The molecule has 1 aliphatic rings. The van der Waals surface area contributed by atoms with E-state index in [1.54, 1.807) is 24.3 Å². The van der Waals surface area contributed by atoms with Gasteiger partial charge in [0.15, 0.2) is 0 Å². The molecule has 0 spiro atoms. The minimum absolute atomic E-state index is 0.0738. The van der Waals surface area contributed by atoms with Crippen LogP contribution in [0.15, 0.2) is 36.4 Å². The van der Waals surface area contributed by atoms with Gasteiger partial charge in [-0.25, -0.2) is 4.79 Å². The van der Waals surface area contributed by atoms with Crippen molar-refractivity contribution in [3.8, 4) is 17.2 Å². The number of carboxylic acid groups (broad SMARTS) is 1. The number of benzene rings is 2. The van der Waals surface area contributed by atoms with Crippen molar-refractivity contribution in [3.05, 3.63) is 63.2 Å². The summed E-state index contributed by atoms with van der Waals surface area (Å²) >= 11 is 0. The molecule has 7 nitrogen and oxygen atoms in total. The third kappa shape index (κ3) is 2.58. The molecule has 0 aliphatic carbocycles. The Balaban J connectivity index is 2.14. The number of rotatable bonds is 2. The Hall–Kier alpha value is -3.40. The Bertz CT molecular complexity index is 853. The molecule has 1 heterocycles. The van der Waals surface area contributed by atoms with Crippen LogP contribution < -0.4 is 0 Å². The highest BCUT2D eigenvalue weighted by molar-refractivity contribution is 5.75. The lowest BCUT2D eigenvalue weighted by Crippen LogP contribution is -2.22. The molecule has 0 radical (unpaired) electrons. The molecule has 0 atom stereocenters. The Morgan fingerprint density at radius 1 is 1.26 bits per heavy atom. The molecule has 0 fully saturated rings. The van der Waals surface area contributed by atoms with Gasteiger partial charge in [-0.1, -0.05) is 12.1 Å². The minimum atomic E-state index is -1.06. The Labute approximate surface area is 131 Å². The van der Waals surface area contributed by atoms with Crippen LogP contribution in [0.2, 0.25) is 0 Å². The summed E-state index contributed by atoms with van der Waals surface area (Å²) in [6.07, 6.45) is -1.06. The first kappa shape index (κ1) is 14.5. The molecule has 3 rings (SSSR count). The molecule has 0 aromatic heterocycles. The molecule has 2 aromatic carbocycles. The molecule has 0 saturated carbocycles. The SMILES string of the molecule is N#Cc1ccc(-c2cc([N+](=O)[O-])cc3c2CN(C(=O)O)C3)cc1. The van der Waals surface area contributed by atoms with E-state index in [4.69, 9.17) is 10.4 Å². The number of carbonyl (C=O) groups is 1. The predicted molar refractivity (Wildman–Crippen MR) is 80.5 cm³/mol. The van der Waals surface area contributed by atoms with Crippen LogP contribution in [-0.4, -0.2) is 21.0 Å². The van der Waals surface area contributed by atoms with Crippen molar-refractivity contribution in [2.24, 2.45) is 0 Å².